The number of rotatable bonds is 8. The van der Waals surface area contributed by atoms with E-state index in [2.05, 4.69) is 23.4 Å². The monoisotopic (exact) mass is 325 g/mol. The molecule has 0 unspecified atom stereocenters. The van der Waals surface area contributed by atoms with Gasteiger partial charge in [-0.1, -0.05) is 18.3 Å². The Hall–Kier alpha value is -0.960. The van der Waals surface area contributed by atoms with E-state index in [1.54, 1.807) is 0 Å². The molecule has 0 saturated carbocycles. The van der Waals surface area contributed by atoms with E-state index in [9.17, 15) is 4.79 Å². The zero-order valence-electron chi connectivity index (χ0n) is 12.7. The maximum absolute atomic E-state index is 12.0. The highest BCUT2D eigenvalue weighted by molar-refractivity contribution is 7.98. The first kappa shape index (κ1) is 18.1. The van der Waals surface area contributed by atoms with Crippen LogP contribution in [0.4, 0.5) is 0 Å². The van der Waals surface area contributed by atoms with Gasteiger partial charge in [-0.2, -0.15) is 11.8 Å². The van der Waals surface area contributed by atoms with E-state index in [1.165, 1.54) is 23.5 Å². The van der Waals surface area contributed by atoms with Gasteiger partial charge in [-0.05, 0) is 43.4 Å². The summed E-state index contributed by atoms with van der Waals surface area (Å²) in [6.45, 7) is 2.76. The first-order valence-electron chi connectivity index (χ1n) is 7.16. The van der Waals surface area contributed by atoms with Crippen molar-refractivity contribution in [3.8, 4) is 11.8 Å². The number of thioether (sulfide) groups is 1. The van der Waals surface area contributed by atoms with Crippen molar-refractivity contribution in [2.75, 3.05) is 25.2 Å². The average molecular weight is 325 g/mol. The second kappa shape index (κ2) is 10.7. The molecule has 1 heterocycles. The molecule has 0 aromatic carbocycles. The molecule has 0 aliphatic rings. The lowest BCUT2D eigenvalue weighted by Crippen LogP contribution is -2.23. The van der Waals surface area contributed by atoms with Crippen molar-refractivity contribution in [1.29, 1.82) is 0 Å². The van der Waals surface area contributed by atoms with Crippen LogP contribution in [0, 0.1) is 18.8 Å². The number of aliphatic hydroxyl groups is 1. The number of carbonyl (C=O) groups excluding carboxylic acids is 1. The van der Waals surface area contributed by atoms with Crippen LogP contribution in [0.15, 0.2) is 6.07 Å². The van der Waals surface area contributed by atoms with Gasteiger partial charge in [0.05, 0.1) is 16.4 Å². The predicted molar refractivity (Wildman–Crippen MR) is 92.2 cm³/mol. The summed E-state index contributed by atoms with van der Waals surface area (Å²) in [5.74, 6) is 7.08. The van der Waals surface area contributed by atoms with Crippen LogP contribution >= 0.6 is 23.1 Å². The van der Waals surface area contributed by atoms with Gasteiger partial charge in [0.1, 0.15) is 0 Å². The zero-order chi connectivity index (χ0) is 15.5. The molecule has 0 spiro atoms. The van der Waals surface area contributed by atoms with E-state index in [1.807, 2.05) is 24.8 Å². The molecule has 21 heavy (non-hydrogen) atoms. The van der Waals surface area contributed by atoms with Crippen molar-refractivity contribution < 1.29 is 9.90 Å². The minimum Gasteiger partial charge on any atom is -0.395 e. The van der Waals surface area contributed by atoms with Crippen LogP contribution in [0.2, 0.25) is 0 Å². The summed E-state index contributed by atoms with van der Waals surface area (Å²) in [5, 5.41) is 11.7. The molecule has 0 aliphatic heterocycles. The Bertz CT molecular complexity index is 500. The van der Waals surface area contributed by atoms with Gasteiger partial charge in [-0.25, -0.2) is 0 Å². The molecule has 5 heteroatoms. The summed E-state index contributed by atoms with van der Waals surface area (Å²) in [4.78, 5) is 13.7. The molecule has 1 aromatic rings. The maximum Gasteiger partial charge on any atom is 0.261 e. The summed E-state index contributed by atoms with van der Waals surface area (Å²) < 4.78 is 0. The van der Waals surface area contributed by atoms with E-state index < -0.39 is 0 Å². The number of aryl methyl sites for hydroxylation is 1. The maximum atomic E-state index is 12.0. The van der Waals surface area contributed by atoms with Crippen LogP contribution in [0.3, 0.4) is 0 Å². The number of nitrogens with one attached hydrogen (secondary N) is 1. The van der Waals surface area contributed by atoms with Crippen molar-refractivity contribution >= 4 is 29.0 Å². The van der Waals surface area contributed by atoms with Gasteiger partial charge in [-0.15, -0.1) is 11.3 Å². The molecular formula is C16H23NO2S2. The first-order valence-corrected chi connectivity index (χ1v) is 9.37. The summed E-state index contributed by atoms with van der Waals surface area (Å²) >= 11 is 3.28. The number of hydrogen-bond acceptors (Lipinski definition) is 4. The van der Waals surface area contributed by atoms with E-state index in [4.69, 9.17) is 5.11 Å². The minimum absolute atomic E-state index is 0.0109. The lowest BCUT2D eigenvalue weighted by Gasteiger charge is -2.03. The topological polar surface area (TPSA) is 49.3 Å². The lowest BCUT2D eigenvalue weighted by molar-refractivity contribution is 0.0957. The quantitative estimate of drug-likeness (QED) is 0.570. The largest absolute Gasteiger partial charge is 0.395 e. The van der Waals surface area contributed by atoms with Gasteiger partial charge in [0.15, 0.2) is 0 Å². The van der Waals surface area contributed by atoms with Crippen LogP contribution in [0.25, 0.3) is 0 Å². The Labute approximate surface area is 135 Å². The standard InChI is InChI=1S/C16H23NO2S2/c1-13-12-15(21-14(13)8-4-6-10-18)16(19)17-9-5-3-7-11-20-2/h12,18H,3,5-7,9-11H2,1-2H3,(H,17,19). The minimum atomic E-state index is -0.0109. The summed E-state index contributed by atoms with van der Waals surface area (Å²) in [6.07, 6.45) is 5.97. The fourth-order valence-electron chi connectivity index (χ4n) is 1.75. The highest BCUT2D eigenvalue weighted by atomic mass is 32.2. The van der Waals surface area contributed by atoms with Crippen LogP contribution in [-0.2, 0) is 0 Å². The third-order valence-corrected chi connectivity index (χ3v) is 4.74. The number of amides is 1. The third kappa shape index (κ3) is 7.03. The van der Waals surface area contributed by atoms with Crippen LogP contribution in [0.1, 0.15) is 45.8 Å². The Morgan fingerprint density at radius 1 is 1.43 bits per heavy atom. The Morgan fingerprint density at radius 3 is 2.95 bits per heavy atom. The highest BCUT2D eigenvalue weighted by Gasteiger charge is 2.10. The fraction of sp³-hybridized carbons (Fsp3) is 0.562. The molecule has 0 atom stereocenters. The van der Waals surface area contributed by atoms with Gasteiger partial charge in [0, 0.05) is 13.0 Å². The first-order chi connectivity index (χ1) is 10.2. The van der Waals surface area contributed by atoms with Crippen molar-refractivity contribution in [3.05, 3.63) is 21.4 Å². The smallest absolute Gasteiger partial charge is 0.261 e. The molecular weight excluding hydrogens is 302 g/mol. The van der Waals surface area contributed by atoms with Gasteiger partial charge >= 0.3 is 0 Å². The molecule has 1 amide bonds. The molecule has 0 aliphatic carbocycles. The summed E-state index contributed by atoms with van der Waals surface area (Å²) in [5.41, 5.74) is 1.02. The summed E-state index contributed by atoms with van der Waals surface area (Å²) in [7, 11) is 0. The van der Waals surface area contributed by atoms with Crippen molar-refractivity contribution in [1.82, 2.24) is 5.32 Å². The van der Waals surface area contributed by atoms with Crippen molar-refractivity contribution in [3.63, 3.8) is 0 Å². The van der Waals surface area contributed by atoms with Gasteiger partial charge in [-0.3, -0.25) is 4.79 Å². The summed E-state index contributed by atoms with van der Waals surface area (Å²) in [6, 6.07) is 1.89. The Morgan fingerprint density at radius 2 is 2.24 bits per heavy atom. The van der Waals surface area contributed by atoms with Crippen LogP contribution < -0.4 is 5.32 Å². The molecule has 1 aromatic heterocycles. The third-order valence-electron chi connectivity index (χ3n) is 2.89. The van der Waals surface area contributed by atoms with Gasteiger partial charge in [0.25, 0.3) is 5.91 Å². The van der Waals surface area contributed by atoms with Gasteiger partial charge < -0.3 is 10.4 Å². The zero-order valence-corrected chi connectivity index (χ0v) is 14.3. The van der Waals surface area contributed by atoms with E-state index in [0.717, 1.165) is 29.8 Å². The van der Waals surface area contributed by atoms with E-state index in [0.29, 0.717) is 11.3 Å². The van der Waals surface area contributed by atoms with Crippen LogP contribution in [0.5, 0.6) is 0 Å². The average Bonchev–Trinajstić information content (AvgIpc) is 2.84. The molecule has 0 bridgehead atoms. The predicted octanol–water partition coefficient (Wildman–Crippen LogP) is 3.05. The number of unbranched alkanes of at least 4 members (excludes halogenated alkanes) is 2. The number of thiophene rings is 1. The number of carbonyl (C=O) groups is 1. The molecule has 0 saturated heterocycles. The lowest BCUT2D eigenvalue weighted by atomic mass is 10.2. The second-order valence-electron chi connectivity index (χ2n) is 4.71. The van der Waals surface area contributed by atoms with E-state index >= 15 is 0 Å². The second-order valence-corrected chi connectivity index (χ2v) is 6.75. The number of aliphatic hydroxyl groups excluding tert-OH is 1. The van der Waals surface area contributed by atoms with E-state index in [-0.39, 0.29) is 12.5 Å². The fourth-order valence-corrected chi connectivity index (χ4v) is 3.21. The normalized spacial score (nSPS) is 10.0. The molecule has 3 nitrogen and oxygen atoms in total. The van der Waals surface area contributed by atoms with Gasteiger partial charge in [0.2, 0.25) is 0 Å². The SMILES string of the molecule is CSCCCCCNC(=O)c1cc(C)c(C#CCCO)s1. The Balaban J connectivity index is 2.41. The molecule has 116 valence electrons. The molecule has 0 fully saturated rings. The Kier molecular flexibility index (Phi) is 9.24. The van der Waals surface area contributed by atoms with Crippen molar-refractivity contribution in [2.45, 2.75) is 32.6 Å². The molecule has 0 radical (unpaired) electrons. The van der Waals surface area contributed by atoms with Crippen molar-refractivity contribution in [2.24, 2.45) is 0 Å². The molecule has 2 N–H and O–H groups in total. The number of hydrogen-bond donors (Lipinski definition) is 2. The molecule has 1 rings (SSSR count). The highest BCUT2D eigenvalue weighted by Crippen LogP contribution is 2.20. The van der Waals surface area contributed by atoms with Crippen LogP contribution in [-0.4, -0.2) is 36.2 Å².